The predicted octanol–water partition coefficient (Wildman–Crippen LogP) is 1.63. The largest absolute Gasteiger partial charge is 0.497 e. The number of hydrogen-bond acceptors (Lipinski definition) is 4. The van der Waals surface area contributed by atoms with Crippen LogP contribution in [0.25, 0.3) is 0 Å². The van der Waals surface area contributed by atoms with Gasteiger partial charge in [-0.3, -0.25) is 9.59 Å². The topological polar surface area (TPSA) is 63.1 Å². The number of carbonyl (C=O) groups is 2. The number of hydrogen-bond donors (Lipinski definition) is 2. The first-order chi connectivity index (χ1) is 13.5. The number of quaternary nitrogens is 1. The van der Waals surface area contributed by atoms with E-state index in [4.69, 9.17) is 4.74 Å². The Morgan fingerprint density at radius 3 is 2.39 bits per heavy atom. The molecule has 2 N–H and O–H groups in total. The van der Waals surface area contributed by atoms with Crippen molar-refractivity contribution in [3.63, 3.8) is 0 Å². The van der Waals surface area contributed by atoms with E-state index in [2.05, 4.69) is 10.2 Å². The molecule has 0 unspecified atom stereocenters. The summed E-state index contributed by atoms with van der Waals surface area (Å²) in [7, 11) is 1.61. The normalized spacial score (nSPS) is 15.8. The molecule has 0 radical (unpaired) electrons. The maximum absolute atomic E-state index is 12.6. The summed E-state index contributed by atoms with van der Waals surface area (Å²) in [6.07, 6.45) is 0. The summed E-state index contributed by atoms with van der Waals surface area (Å²) in [5, 5.41) is 2.99. The van der Waals surface area contributed by atoms with E-state index in [-0.39, 0.29) is 17.7 Å². The molecular formula is C22H28N3O3+. The Morgan fingerprint density at radius 2 is 1.79 bits per heavy atom. The first-order valence-corrected chi connectivity index (χ1v) is 9.63. The Balaban J connectivity index is 1.54. The number of Topliss-reactive ketones (excluding diaryl/α,β-unsaturated/α-hetero) is 1. The zero-order chi connectivity index (χ0) is 20.1. The minimum absolute atomic E-state index is 0.0162. The molecule has 1 saturated heterocycles. The smallest absolute Gasteiger partial charge is 0.282 e. The molecule has 6 heteroatoms. The first-order valence-electron chi connectivity index (χ1n) is 9.63. The van der Waals surface area contributed by atoms with Crippen molar-refractivity contribution < 1.29 is 19.2 Å². The zero-order valence-electron chi connectivity index (χ0n) is 16.7. The average molecular weight is 382 g/mol. The van der Waals surface area contributed by atoms with Crippen LogP contribution in [0.2, 0.25) is 0 Å². The van der Waals surface area contributed by atoms with Crippen LogP contribution in [0.1, 0.15) is 24.2 Å². The van der Waals surface area contributed by atoms with Gasteiger partial charge in [-0.15, -0.1) is 0 Å². The Kier molecular flexibility index (Phi) is 6.31. The summed E-state index contributed by atoms with van der Waals surface area (Å²) in [5.74, 6) is 0.821. The van der Waals surface area contributed by atoms with Crippen LogP contribution in [0.3, 0.4) is 0 Å². The first kappa shape index (κ1) is 19.9. The van der Waals surface area contributed by atoms with Crippen LogP contribution in [0.15, 0.2) is 48.5 Å². The Bertz CT molecular complexity index is 827. The van der Waals surface area contributed by atoms with Crippen molar-refractivity contribution in [2.45, 2.75) is 19.9 Å². The number of ether oxygens (including phenoxy) is 1. The number of carbonyl (C=O) groups excluding carboxylic acids is 2. The SMILES string of the molecule is COc1cccc(NC(=O)[C@H](C)[NH+]2CCN(c3ccc(C(C)=O)cc3)CC2)c1. The fourth-order valence-corrected chi connectivity index (χ4v) is 3.53. The van der Waals surface area contributed by atoms with Gasteiger partial charge in [0.2, 0.25) is 0 Å². The van der Waals surface area contributed by atoms with Gasteiger partial charge in [0.05, 0.1) is 33.3 Å². The third kappa shape index (κ3) is 4.70. The van der Waals surface area contributed by atoms with Crippen molar-refractivity contribution in [1.82, 2.24) is 0 Å². The predicted molar refractivity (Wildman–Crippen MR) is 110 cm³/mol. The van der Waals surface area contributed by atoms with Crippen molar-refractivity contribution in [1.29, 1.82) is 0 Å². The number of ketones is 1. The van der Waals surface area contributed by atoms with Crippen LogP contribution in [0.4, 0.5) is 11.4 Å². The molecule has 1 amide bonds. The van der Waals surface area contributed by atoms with Crippen LogP contribution in [-0.4, -0.2) is 51.0 Å². The summed E-state index contributed by atoms with van der Waals surface area (Å²) < 4.78 is 5.21. The molecule has 1 atom stereocenters. The van der Waals surface area contributed by atoms with Gasteiger partial charge in [0.25, 0.3) is 5.91 Å². The van der Waals surface area contributed by atoms with Gasteiger partial charge >= 0.3 is 0 Å². The second-order valence-corrected chi connectivity index (χ2v) is 7.19. The number of anilines is 2. The maximum atomic E-state index is 12.6. The number of rotatable bonds is 6. The van der Waals surface area contributed by atoms with Crippen LogP contribution in [0, 0.1) is 0 Å². The lowest BCUT2D eigenvalue weighted by molar-refractivity contribution is -0.914. The zero-order valence-corrected chi connectivity index (χ0v) is 16.7. The highest BCUT2D eigenvalue weighted by Gasteiger charge is 2.29. The summed E-state index contributed by atoms with van der Waals surface area (Å²) >= 11 is 0. The number of amides is 1. The molecule has 1 heterocycles. The molecule has 0 spiro atoms. The van der Waals surface area contributed by atoms with E-state index >= 15 is 0 Å². The number of methoxy groups -OCH3 is 1. The Labute approximate surface area is 166 Å². The van der Waals surface area contributed by atoms with E-state index in [9.17, 15) is 9.59 Å². The molecule has 0 aromatic heterocycles. The van der Waals surface area contributed by atoms with Gasteiger partial charge in [-0.1, -0.05) is 6.07 Å². The Morgan fingerprint density at radius 1 is 1.11 bits per heavy atom. The van der Waals surface area contributed by atoms with E-state index < -0.39 is 0 Å². The number of nitrogens with zero attached hydrogens (tertiary/aromatic N) is 1. The second-order valence-electron chi connectivity index (χ2n) is 7.19. The number of benzene rings is 2. The van der Waals surface area contributed by atoms with Gasteiger partial charge in [0.15, 0.2) is 11.8 Å². The van der Waals surface area contributed by atoms with Crippen molar-refractivity contribution in [2.24, 2.45) is 0 Å². The molecule has 0 bridgehead atoms. The highest BCUT2D eigenvalue weighted by atomic mass is 16.5. The number of nitrogens with one attached hydrogen (secondary N) is 2. The van der Waals surface area contributed by atoms with Crippen molar-refractivity contribution in [3.05, 3.63) is 54.1 Å². The monoisotopic (exact) mass is 382 g/mol. The lowest BCUT2D eigenvalue weighted by Crippen LogP contribution is -3.19. The van der Waals surface area contributed by atoms with Crippen LogP contribution in [0.5, 0.6) is 5.75 Å². The quantitative estimate of drug-likeness (QED) is 0.746. The van der Waals surface area contributed by atoms with Gasteiger partial charge in [-0.2, -0.15) is 0 Å². The molecule has 6 nitrogen and oxygen atoms in total. The van der Waals surface area contributed by atoms with E-state index in [0.717, 1.165) is 48.9 Å². The molecular weight excluding hydrogens is 354 g/mol. The van der Waals surface area contributed by atoms with Crippen molar-refractivity contribution >= 4 is 23.1 Å². The lowest BCUT2D eigenvalue weighted by atomic mass is 10.1. The molecule has 2 aromatic rings. The molecule has 1 aliphatic heterocycles. The van der Waals surface area contributed by atoms with E-state index in [1.54, 1.807) is 14.0 Å². The molecule has 2 aromatic carbocycles. The van der Waals surface area contributed by atoms with Gasteiger partial charge < -0.3 is 19.9 Å². The van der Waals surface area contributed by atoms with Crippen molar-refractivity contribution in [2.75, 3.05) is 43.5 Å². The van der Waals surface area contributed by atoms with E-state index in [0.29, 0.717) is 0 Å². The van der Waals surface area contributed by atoms with Crippen LogP contribution >= 0.6 is 0 Å². The van der Waals surface area contributed by atoms with E-state index in [1.807, 2.05) is 55.5 Å². The molecule has 0 aliphatic carbocycles. The highest BCUT2D eigenvalue weighted by molar-refractivity contribution is 5.94. The molecule has 28 heavy (non-hydrogen) atoms. The third-order valence-electron chi connectivity index (χ3n) is 5.39. The summed E-state index contributed by atoms with van der Waals surface area (Å²) in [5.41, 5.74) is 2.60. The van der Waals surface area contributed by atoms with Gasteiger partial charge in [0, 0.05) is 23.0 Å². The van der Waals surface area contributed by atoms with Gasteiger partial charge in [0.1, 0.15) is 5.75 Å². The minimum Gasteiger partial charge on any atom is -0.497 e. The molecule has 148 valence electrons. The van der Waals surface area contributed by atoms with Gasteiger partial charge in [-0.25, -0.2) is 0 Å². The second kappa shape index (κ2) is 8.89. The fraction of sp³-hybridized carbons (Fsp3) is 0.364. The lowest BCUT2D eigenvalue weighted by Gasteiger charge is -2.36. The minimum atomic E-state index is -0.131. The van der Waals surface area contributed by atoms with Crippen molar-refractivity contribution in [3.8, 4) is 5.75 Å². The van der Waals surface area contributed by atoms with Crippen LogP contribution in [-0.2, 0) is 4.79 Å². The van der Waals surface area contributed by atoms with Gasteiger partial charge in [-0.05, 0) is 50.2 Å². The fourth-order valence-electron chi connectivity index (χ4n) is 3.53. The average Bonchev–Trinajstić information content (AvgIpc) is 2.73. The summed E-state index contributed by atoms with van der Waals surface area (Å²) in [6.45, 7) is 7.09. The maximum Gasteiger partial charge on any atom is 0.282 e. The molecule has 1 fully saturated rings. The molecule has 1 aliphatic rings. The van der Waals surface area contributed by atoms with Crippen LogP contribution < -0.4 is 19.9 Å². The Hall–Kier alpha value is -2.86. The summed E-state index contributed by atoms with van der Waals surface area (Å²) in [4.78, 5) is 27.6. The molecule has 3 rings (SSSR count). The summed E-state index contributed by atoms with van der Waals surface area (Å²) in [6, 6.07) is 15.0. The standard InChI is InChI=1S/C22H27N3O3/c1-16(22(27)23-19-5-4-6-21(15-19)28-3)24-11-13-25(14-12-24)20-9-7-18(8-10-20)17(2)26/h4-10,15-16H,11-14H2,1-3H3,(H,23,27)/p+1/t16-/m0/s1. The molecule has 0 saturated carbocycles. The highest BCUT2D eigenvalue weighted by Crippen LogP contribution is 2.17. The number of piperazine rings is 1. The van der Waals surface area contributed by atoms with E-state index in [1.165, 1.54) is 4.90 Å². The third-order valence-corrected chi connectivity index (χ3v) is 5.39.